The van der Waals surface area contributed by atoms with Crippen LogP contribution in [0.25, 0.3) is 0 Å². The monoisotopic (exact) mass is 228 g/mol. The van der Waals surface area contributed by atoms with Gasteiger partial charge in [0.2, 0.25) is 0 Å². The van der Waals surface area contributed by atoms with Gasteiger partial charge in [-0.1, -0.05) is 13.2 Å². The number of esters is 1. The van der Waals surface area contributed by atoms with Crippen molar-refractivity contribution in [3.63, 3.8) is 0 Å². The first kappa shape index (κ1) is 14.7. The second-order valence-electron chi connectivity index (χ2n) is 3.42. The summed E-state index contributed by atoms with van der Waals surface area (Å²) in [7, 11) is 0. The average Bonchev–Trinajstić information content (AvgIpc) is 2.24. The van der Waals surface area contributed by atoms with Crippen LogP contribution < -0.4 is 0 Å². The molecule has 0 aliphatic rings. The molecule has 0 aromatic carbocycles. The highest BCUT2D eigenvalue weighted by Gasteiger charge is 2.06. The SMILES string of the molecule is C=COCCOC(C)CCOC(=O)C(=C)C. The molecular formula is C12H20O4. The molecule has 0 N–H and O–H groups in total. The molecule has 92 valence electrons. The maximum atomic E-state index is 11.0. The summed E-state index contributed by atoms with van der Waals surface area (Å²) in [5.41, 5.74) is 0.410. The summed E-state index contributed by atoms with van der Waals surface area (Å²) >= 11 is 0. The minimum atomic E-state index is -0.359. The van der Waals surface area contributed by atoms with Crippen LogP contribution in [-0.2, 0) is 19.0 Å². The van der Waals surface area contributed by atoms with Crippen molar-refractivity contribution in [2.75, 3.05) is 19.8 Å². The largest absolute Gasteiger partial charge is 0.499 e. The Kier molecular flexibility index (Phi) is 8.25. The second kappa shape index (κ2) is 8.97. The van der Waals surface area contributed by atoms with E-state index in [-0.39, 0.29) is 12.1 Å². The molecule has 0 aromatic rings. The van der Waals surface area contributed by atoms with Crippen molar-refractivity contribution in [3.05, 3.63) is 25.0 Å². The summed E-state index contributed by atoms with van der Waals surface area (Å²) in [6, 6.07) is 0. The lowest BCUT2D eigenvalue weighted by Gasteiger charge is -2.12. The minimum Gasteiger partial charge on any atom is -0.499 e. The molecule has 0 aromatic heterocycles. The van der Waals surface area contributed by atoms with Gasteiger partial charge in [-0.3, -0.25) is 0 Å². The quantitative estimate of drug-likeness (QED) is 0.262. The molecule has 0 bridgehead atoms. The van der Waals surface area contributed by atoms with E-state index in [2.05, 4.69) is 13.2 Å². The summed E-state index contributed by atoms with van der Waals surface area (Å²) < 4.78 is 15.2. The average molecular weight is 228 g/mol. The van der Waals surface area contributed by atoms with Gasteiger partial charge in [0.25, 0.3) is 0 Å². The third-order valence-corrected chi connectivity index (χ3v) is 1.83. The zero-order chi connectivity index (χ0) is 12.4. The van der Waals surface area contributed by atoms with E-state index in [1.807, 2.05) is 6.92 Å². The van der Waals surface area contributed by atoms with E-state index in [4.69, 9.17) is 14.2 Å². The van der Waals surface area contributed by atoms with Gasteiger partial charge < -0.3 is 14.2 Å². The summed E-state index contributed by atoms with van der Waals surface area (Å²) in [5.74, 6) is -0.359. The van der Waals surface area contributed by atoms with Gasteiger partial charge in [0, 0.05) is 12.0 Å². The van der Waals surface area contributed by atoms with E-state index in [1.165, 1.54) is 6.26 Å². The van der Waals surface area contributed by atoms with Crippen molar-refractivity contribution < 1.29 is 19.0 Å². The maximum Gasteiger partial charge on any atom is 0.333 e. The predicted octanol–water partition coefficient (Wildman–Crippen LogP) is 2.06. The molecule has 0 fully saturated rings. The lowest BCUT2D eigenvalue weighted by atomic mass is 10.3. The molecular weight excluding hydrogens is 208 g/mol. The van der Waals surface area contributed by atoms with Gasteiger partial charge in [0.1, 0.15) is 6.61 Å². The Morgan fingerprint density at radius 3 is 2.62 bits per heavy atom. The van der Waals surface area contributed by atoms with Crippen LogP contribution in [0.3, 0.4) is 0 Å². The van der Waals surface area contributed by atoms with Gasteiger partial charge in [0.05, 0.1) is 25.6 Å². The Bertz CT molecular complexity index is 235. The van der Waals surface area contributed by atoms with Crippen LogP contribution in [0.1, 0.15) is 20.3 Å². The molecule has 16 heavy (non-hydrogen) atoms. The van der Waals surface area contributed by atoms with Crippen molar-refractivity contribution in [2.45, 2.75) is 26.4 Å². The summed E-state index contributed by atoms with van der Waals surface area (Å²) in [6.45, 7) is 11.8. The molecule has 0 saturated heterocycles. The van der Waals surface area contributed by atoms with Gasteiger partial charge in [-0.05, 0) is 13.8 Å². The van der Waals surface area contributed by atoms with Crippen molar-refractivity contribution in [2.24, 2.45) is 0 Å². The molecule has 0 radical (unpaired) electrons. The van der Waals surface area contributed by atoms with Crippen LogP contribution in [0.4, 0.5) is 0 Å². The molecule has 0 aliphatic carbocycles. The molecule has 1 atom stereocenters. The Labute approximate surface area is 96.9 Å². The predicted molar refractivity (Wildman–Crippen MR) is 62.0 cm³/mol. The molecule has 0 amide bonds. The highest BCUT2D eigenvalue weighted by molar-refractivity contribution is 5.86. The Balaban J connectivity index is 3.43. The van der Waals surface area contributed by atoms with Crippen molar-refractivity contribution in [1.82, 2.24) is 0 Å². The van der Waals surface area contributed by atoms with E-state index >= 15 is 0 Å². The lowest BCUT2D eigenvalue weighted by molar-refractivity contribution is -0.139. The van der Waals surface area contributed by atoms with Crippen LogP contribution in [0.15, 0.2) is 25.0 Å². The van der Waals surface area contributed by atoms with Crippen LogP contribution in [-0.4, -0.2) is 31.9 Å². The zero-order valence-electron chi connectivity index (χ0n) is 10.0. The summed E-state index contributed by atoms with van der Waals surface area (Å²) in [4.78, 5) is 11.0. The van der Waals surface area contributed by atoms with E-state index in [1.54, 1.807) is 6.92 Å². The number of carbonyl (C=O) groups excluding carboxylic acids is 1. The second-order valence-corrected chi connectivity index (χ2v) is 3.42. The normalized spacial score (nSPS) is 11.6. The minimum absolute atomic E-state index is 0.0336. The topological polar surface area (TPSA) is 44.8 Å². The lowest BCUT2D eigenvalue weighted by Crippen LogP contribution is -2.16. The number of hydrogen-bond donors (Lipinski definition) is 0. The van der Waals surface area contributed by atoms with E-state index in [0.717, 1.165) is 0 Å². The summed E-state index contributed by atoms with van der Waals surface area (Å²) in [6.07, 6.45) is 2.07. The fraction of sp³-hybridized carbons (Fsp3) is 0.583. The maximum absolute atomic E-state index is 11.0. The van der Waals surface area contributed by atoms with Gasteiger partial charge >= 0.3 is 5.97 Å². The molecule has 0 aliphatic heterocycles. The van der Waals surface area contributed by atoms with Crippen LogP contribution in [0, 0.1) is 0 Å². The van der Waals surface area contributed by atoms with E-state index in [0.29, 0.717) is 31.8 Å². The number of ether oxygens (including phenoxy) is 3. The number of carbonyl (C=O) groups is 1. The molecule has 1 unspecified atom stereocenters. The smallest absolute Gasteiger partial charge is 0.333 e. The third kappa shape index (κ3) is 8.05. The van der Waals surface area contributed by atoms with Gasteiger partial charge in [-0.25, -0.2) is 4.79 Å². The highest BCUT2D eigenvalue weighted by Crippen LogP contribution is 2.00. The van der Waals surface area contributed by atoms with Crippen LogP contribution in [0.2, 0.25) is 0 Å². The first-order valence-electron chi connectivity index (χ1n) is 5.24. The van der Waals surface area contributed by atoms with E-state index < -0.39 is 0 Å². The molecule has 0 heterocycles. The number of rotatable bonds is 9. The molecule has 0 rings (SSSR count). The number of hydrogen-bond acceptors (Lipinski definition) is 4. The Hall–Kier alpha value is -1.29. The molecule has 4 heteroatoms. The van der Waals surface area contributed by atoms with Crippen LogP contribution in [0.5, 0.6) is 0 Å². The van der Waals surface area contributed by atoms with Crippen molar-refractivity contribution in [1.29, 1.82) is 0 Å². The van der Waals surface area contributed by atoms with Gasteiger partial charge in [-0.2, -0.15) is 0 Å². The first-order chi connectivity index (χ1) is 7.57. The highest BCUT2D eigenvalue weighted by atomic mass is 16.5. The zero-order valence-corrected chi connectivity index (χ0v) is 10.0. The van der Waals surface area contributed by atoms with Crippen molar-refractivity contribution in [3.8, 4) is 0 Å². The van der Waals surface area contributed by atoms with E-state index in [9.17, 15) is 4.79 Å². The fourth-order valence-electron chi connectivity index (χ4n) is 0.905. The molecule has 0 spiro atoms. The van der Waals surface area contributed by atoms with Crippen LogP contribution >= 0.6 is 0 Å². The fourth-order valence-corrected chi connectivity index (χ4v) is 0.905. The summed E-state index contributed by atoms with van der Waals surface area (Å²) in [5, 5.41) is 0. The Morgan fingerprint density at radius 1 is 1.38 bits per heavy atom. The standard InChI is InChI=1S/C12H20O4/c1-5-14-8-9-15-11(4)6-7-16-12(13)10(2)3/h5,11H,1-2,6-9H2,3-4H3. The van der Waals surface area contributed by atoms with Gasteiger partial charge in [0.15, 0.2) is 0 Å². The van der Waals surface area contributed by atoms with Gasteiger partial charge in [-0.15, -0.1) is 0 Å². The third-order valence-electron chi connectivity index (χ3n) is 1.83. The molecule has 0 saturated carbocycles. The Morgan fingerprint density at radius 2 is 2.06 bits per heavy atom. The molecule has 4 nitrogen and oxygen atoms in total. The van der Waals surface area contributed by atoms with Crippen molar-refractivity contribution >= 4 is 5.97 Å². The first-order valence-corrected chi connectivity index (χ1v) is 5.24.